The molecule has 0 saturated carbocycles. The molecular formula is C16H17ClF3NO6S. The fourth-order valence-corrected chi connectivity index (χ4v) is 4.10. The maximum Gasteiger partial charge on any atom is 0.422 e. The molecule has 2 heterocycles. The van der Waals surface area contributed by atoms with Crippen molar-refractivity contribution < 1.29 is 40.0 Å². The molecule has 0 bridgehead atoms. The molecule has 7 nitrogen and oxygen atoms in total. The third kappa shape index (κ3) is 4.47. The van der Waals surface area contributed by atoms with Crippen molar-refractivity contribution in [1.82, 2.24) is 4.90 Å². The number of aryl methyl sites for hydroxylation is 1. The first-order valence-electron chi connectivity index (χ1n) is 8.20. The molecule has 1 fully saturated rings. The highest BCUT2D eigenvalue weighted by Crippen LogP contribution is 2.42. The average Bonchev–Trinajstić information content (AvgIpc) is 2.88. The second-order valence-corrected chi connectivity index (χ2v) is 8.67. The number of benzene rings is 1. The summed E-state index contributed by atoms with van der Waals surface area (Å²) in [5.74, 6) is -0.998. The summed E-state index contributed by atoms with van der Waals surface area (Å²) in [5, 5.41) is -0.124. The number of alkyl halides is 3. The Labute approximate surface area is 164 Å². The Hall–Kier alpha value is -1.72. The van der Waals surface area contributed by atoms with Crippen LogP contribution >= 0.6 is 11.6 Å². The van der Waals surface area contributed by atoms with Gasteiger partial charge in [0.2, 0.25) is 0 Å². The summed E-state index contributed by atoms with van der Waals surface area (Å²) in [6.45, 7) is -0.0935. The fraction of sp³-hybridized carbons (Fsp3) is 0.562. The van der Waals surface area contributed by atoms with Gasteiger partial charge in [-0.25, -0.2) is 0 Å². The second kappa shape index (κ2) is 7.27. The molecule has 1 aromatic rings. The zero-order valence-corrected chi connectivity index (χ0v) is 16.4. The van der Waals surface area contributed by atoms with E-state index in [-0.39, 0.29) is 35.9 Å². The lowest BCUT2D eigenvalue weighted by Gasteiger charge is -2.22. The molecule has 2 atom stereocenters. The molecule has 0 unspecified atom stereocenters. The molecule has 3 rings (SSSR count). The van der Waals surface area contributed by atoms with Crippen LogP contribution in [-0.4, -0.2) is 63.6 Å². The van der Waals surface area contributed by atoms with Gasteiger partial charge in [-0.05, 0) is 18.6 Å². The van der Waals surface area contributed by atoms with E-state index in [2.05, 4.69) is 0 Å². The lowest BCUT2D eigenvalue weighted by Crippen LogP contribution is -2.37. The summed E-state index contributed by atoms with van der Waals surface area (Å²) in [5.41, 5.74) is 0.174. The number of rotatable bonds is 4. The van der Waals surface area contributed by atoms with Crippen LogP contribution in [0.5, 0.6) is 11.5 Å². The monoisotopic (exact) mass is 443 g/mol. The molecule has 2 aliphatic heterocycles. The van der Waals surface area contributed by atoms with Crippen molar-refractivity contribution in [3.63, 3.8) is 0 Å². The number of carbonyl (C=O) groups excluding carboxylic acids is 1. The Balaban J connectivity index is 1.96. The summed E-state index contributed by atoms with van der Waals surface area (Å²) in [6.07, 6.45) is -4.29. The summed E-state index contributed by atoms with van der Waals surface area (Å²) in [4.78, 5) is 14.4. The van der Waals surface area contributed by atoms with E-state index in [4.69, 9.17) is 25.3 Å². The number of nitrogens with zero attached hydrogens (tertiary/aromatic N) is 1. The molecular weight excluding hydrogens is 427 g/mol. The molecule has 0 aliphatic carbocycles. The zero-order chi connectivity index (χ0) is 20.9. The first-order valence-corrected chi connectivity index (χ1v) is 10.4. The molecule has 0 aromatic heterocycles. The third-order valence-electron chi connectivity index (χ3n) is 4.34. The molecule has 2 aliphatic rings. The number of hydrogen-bond acceptors (Lipinski definition) is 6. The fourth-order valence-electron chi connectivity index (χ4n) is 3.27. The van der Waals surface area contributed by atoms with Gasteiger partial charge in [-0.3, -0.25) is 8.98 Å². The molecule has 0 N–H and O–H groups in total. The predicted molar refractivity (Wildman–Crippen MR) is 92.4 cm³/mol. The number of ether oxygens (including phenoxy) is 2. The second-order valence-electron chi connectivity index (χ2n) is 6.69. The molecule has 0 spiro atoms. The number of halogens is 4. The largest absolute Gasteiger partial charge is 0.490 e. The maximum atomic E-state index is 13.1. The Bertz CT molecular complexity index is 905. The van der Waals surface area contributed by atoms with E-state index in [1.165, 1.54) is 11.0 Å². The van der Waals surface area contributed by atoms with Crippen LogP contribution in [0.4, 0.5) is 13.2 Å². The zero-order valence-electron chi connectivity index (χ0n) is 14.9. The smallest absolute Gasteiger partial charge is 0.422 e. The third-order valence-corrected chi connectivity index (χ3v) is 5.43. The van der Waals surface area contributed by atoms with Crippen LogP contribution in [0.2, 0.25) is 5.02 Å². The van der Waals surface area contributed by atoms with Crippen LogP contribution < -0.4 is 9.47 Å². The van der Waals surface area contributed by atoms with E-state index in [1.807, 2.05) is 0 Å². The number of carbonyl (C=O) groups is 1. The first kappa shape index (κ1) is 21.0. The maximum absolute atomic E-state index is 13.1. The van der Waals surface area contributed by atoms with Crippen LogP contribution in [0.25, 0.3) is 0 Å². The number of hydrogen-bond donors (Lipinski definition) is 0. The molecule has 0 radical (unpaired) electrons. The molecule has 12 heteroatoms. The molecule has 1 aromatic carbocycles. The van der Waals surface area contributed by atoms with Crippen molar-refractivity contribution in [3.8, 4) is 11.5 Å². The van der Waals surface area contributed by atoms with Gasteiger partial charge in [-0.1, -0.05) is 11.6 Å². The Morgan fingerprint density at radius 2 is 2.07 bits per heavy atom. The highest BCUT2D eigenvalue weighted by atomic mass is 35.5. The van der Waals surface area contributed by atoms with E-state index < -0.39 is 46.7 Å². The minimum atomic E-state index is -4.63. The van der Waals surface area contributed by atoms with Gasteiger partial charge in [0.05, 0.1) is 23.4 Å². The van der Waals surface area contributed by atoms with Crippen LogP contribution in [0.15, 0.2) is 6.07 Å². The van der Waals surface area contributed by atoms with E-state index >= 15 is 0 Å². The quantitative estimate of drug-likeness (QED) is 0.665. The molecule has 1 saturated heterocycles. The van der Waals surface area contributed by atoms with Crippen molar-refractivity contribution in [3.05, 3.63) is 22.2 Å². The lowest BCUT2D eigenvalue weighted by atomic mass is 10.1. The predicted octanol–water partition coefficient (Wildman–Crippen LogP) is 2.54. The summed E-state index contributed by atoms with van der Waals surface area (Å²) in [7, 11) is -3.73. The Morgan fingerprint density at radius 1 is 1.39 bits per heavy atom. The summed E-state index contributed by atoms with van der Waals surface area (Å²) in [6, 6.07) is 0.962. The Kier molecular flexibility index (Phi) is 5.45. The van der Waals surface area contributed by atoms with E-state index in [1.54, 1.807) is 6.92 Å². The average molecular weight is 444 g/mol. The van der Waals surface area contributed by atoms with E-state index in [9.17, 15) is 26.4 Å². The van der Waals surface area contributed by atoms with Crippen molar-refractivity contribution in [2.75, 3.05) is 26.0 Å². The van der Waals surface area contributed by atoms with E-state index in [0.29, 0.717) is 5.56 Å². The lowest BCUT2D eigenvalue weighted by molar-refractivity contribution is -0.153. The van der Waals surface area contributed by atoms with Crippen molar-refractivity contribution in [2.24, 2.45) is 0 Å². The van der Waals surface area contributed by atoms with Gasteiger partial charge in [-0.2, -0.15) is 21.6 Å². The van der Waals surface area contributed by atoms with Gasteiger partial charge in [0.15, 0.2) is 12.4 Å². The number of amides is 1. The van der Waals surface area contributed by atoms with Crippen molar-refractivity contribution >= 4 is 27.6 Å². The standard InChI is InChI=1S/C16H17ClF3NO6S/c1-8-3-11-12(14(13(8)17)26-7-16(18,19)20)15(22)21-5-10(27-28(2,23)24)4-9(21)6-25-11/h3,9-10H,4-7H2,1-2H3/t9-,10-/m1/s1. The van der Waals surface area contributed by atoms with E-state index in [0.717, 1.165) is 6.26 Å². The van der Waals surface area contributed by atoms with Crippen LogP contribution in [0.1, 0.15) is 22.3 Å². The normalized spacial score (nSPS) is 22.4. The van der Waals surface area contributed by atoms with Gasteiger partial charge in [-0.15, -0.1) is 0 Å². The Morgan fingerprint density at radius 3 is 2.68 bits per heavy atom. The number of fused-ring (bicyclic) bond motifs is 2. The van der Waals surface area contributed by atoms with Crippen LogP contribution in [0.3, 0.4) is 0 Å². The van der Waals surface area contributed by atoms with Crippen molar-refractivity contribution in [1.29, 1.82) is 0 Å². The van der Waals surface area contributed by atoms with Gasteiger partial charge in [0.25, 0.3) is 16.0 Å². The van der Waals surface area contributed by atoms with Gasteiger partial charge in [0.1, 0.15) is 17.9 Å². The summed E-state index contributed by atoms with van der Waals surface area (Å²) >= 11 is 6.11. The van der Waals surface area contributed by atoms with Crippen molar-refractivity contribution in [2.45, 2.75) is 31.7 Å². The van der Waals surface area contributed by atoms with Crippen LogP contribution in [-0.2, 0) is 14.3 Å². The van der Waals surface area contributed by atoms with Gasteiger partial charge in [0, 0.05) is 13.0 Å². The van der Waals surface area contributed by atoms with Gasteiger partial charge < -0.3 is 14.4 Å². The molecule has 156 valence electrons. The van der Waals surface area contributed by atoms with Gasteiger partial charge >= 0.3 is 6.18 Å². The highest BCUT2D eigenvalue weighted by molar-refractivity contribution is 7.86. The first-order chi connectivity index (χ1) is 12.9. The molecule has 1 amide bonds. The van der Waals surface area contributed by atoms with Crippen LogP contribution in [0, 0.1) is 6.92 Å². The molecule has 28 heavy (non-hydrogen) atoms. The minimum Gasteiger partial charge on any atom is -0.490 e. The summed E-state index contributed by atoms with van der Waals surface area (Å²) < 4.78 is 76.1. The minimum absolute atomic E-state index is 0.0299. The highest BCUT2D eigenvalue weighted by Gasteiger charge is 2.43. The topological polar surface area (TPSA) is 82.1 Å². The SMILES string of the molecule is Cc1cc2c(c(OCC(F)(F)F)c1Cl)C(=O)N1C[C@H](OS(C)(=O)=O)C[C@@H]1CO2.